The lowest BCUT2D eigenvalue weighted by Crippen LogP contribution is -1.90. The summed E-state index contributed by atoms with van der Waals surface area (Å²) in [5.74, 6) is 0.621. The van der Waals surface area contributed by atoms with Crippen molar-refractivity contribution in [3.63, 3.8) is 0 Å². The molecule has 1 heterocycles. The lowest BCUT2D eigenvalue weighted by Gasteiger charge is -1.97. The lowest BCUT2D eigenvalue weighted by molar-refractivity contribution is 1.03. The van der Waals surface area contributed by atoms with Crippen LogP contribution < -0.4 is 0 Å². The van der Waals surface area contributed by atoms with E-state index in [1.807, 2.05) is 12.1 Å². The molecule has 0 saturated heterocycles. The van der Waals surface area contributed by atoms with Gasteiger partial charge in [0.25, 0.3) is 0 Å². The molecule has 0 fully saturated rings. The summed E-state index contributed by atoms with van der Waals surface area (Å²) in [5.41, 5.74) is 1.03. The summed E-state index contributed by atoms with van der Waals surface area (Å²) < 4.78 is 1.04. The molecule has 0 bridgehead atoms. The molecule has 1 aromatic heterocycles. The lowest BCUT2D eigenvalue weighted by atomic mass is 10.3. The number of halogens is 3. The van der Waals surface area contributed by atoms with E-state index in [0.717, 1.165) is 16.6 Å². The van der Waals surface area contributed by atoms with E-state index in [0.29, 0.717) is 5.88 Å². The molecule has 0 aliphatic heterocycles. The second-order valence-corrected chi connectivity index (χ2v) is 3.10. The highest BCUT2D eigenvalue weighted by Crippen LogP contribution is 2.13. The standard InChI is InChI=1S/C7H7BrClN.ClH/c8-6-2-1-5-10-7(6)3-4-9;/h1-2,5H,3-4H2;1H. The third kappa shape index (κ3) is 3.41. The van der Waals surface area contributed by atoms with Crippen LogP contribution in [0, 0.1) is 0 Å². The molecule has 4 heteroatoms. The van der Waals surface area contributed by atoms with Crippen molar-refractivity contribution in [1.29, 1.82) is 0 Å². The minimum absolute atomic E-state index is 0. The highest BCUT2D eigenvalue weighted by molar-refractivity contribution is 9.10. The first-order valence-corrected chi connectivity index (χ1v) is 4.32. The van der Waals surface area contributed by atoms with Crippen LogP contribution in [-0.4, -0.2) is 10.9 Å². The maximum Gasteiger partial charge on any atom is 0.0557 e. The smallest absolute Gasteiger partial charge is 0.0557 e. The van der Waals surface area contributed by atoms with Gasteiger partial charge in [-0.2, -0.15) is 0 Å². The molecule has 0 spiro atoms. The highest BCUT2D eigenvalue weighted by atomic mass is 79.9. The van der Waals surface area contributed by atoms with Gasteiger partial charge in [-0.15, -0.1) is 24.0 Å². The molecular formula is C7H8BrCl2N. The molecular weight excluding hydrogens is 249 g/mol. The van der Waals surface area contributed by atoms with Gasteiger partial charge in [0.1, 0.15) is 0 Å². The van der Waals surface area contributed by atoms with Crippen LogP contribution >= 0.6 is 39.9 Å². The van der Waals surface area contributed by atoms with Gasteiger partial charge in [-0.3, -0.25) is 4.98 Å². The molecule has 0 aliphatic carbocycles. The maximum absolute atomic E-state index is 5.55. The zero-order chi connectivity index (χ0) is 7.40. The van der Waals surface area contributed by atoms with Crippen LogP contribution in [-0.2, 0) is 6.42 Å². The molecule has 1 aromatic rings. The Balaban J connectivity index is 0.000001000. The molecule has 0 N–H and O–H groups in total. The SMILES string of the molecule is Cl.ClCCc1ncccc1Br. The zero-order valence-corrected chi connectivity index (χ0v) is 8.92. The second kappa shape index (κ2) is 5.81. The van der Waals surface area contributed by atoms with Crippen LogP contribution in [0.4, 0.5) is 0 Å². The van der Waals surface area contributed by atoms with Crippen LogP contribution in [0.25, 0.3) is 0 Å². The van der Waals surface area contributed by atoms with Gasteiger partial charge in [0, 0.05) is 23.0 Å². The van der Waals surface area contributed by atoms with E-state index in [-0.39, 0.29) is 12.4 Å². The minimum Gasteiger partial charge on any atom is -0.260 e. The average Bonchev–Trinajstić information content (AvgIpc) is 1.94. The van der Waals surface area contributed by atoms with Crippen LogP contribution in [0.3, 0.4) is 0 Å². The van der Waals surface area contributed by atoms with Gasteiger partial charge in [0.15, 0.2) is 0 Å². The van der Waals surface area contributed by atoms with Gasteiger partial charge in [0.05, 0.1) is 5.69 Å². The quantitative estimate of drug-likeness (QED) is 0.742. The van der Waals surface area contributed by atoms with Crippen LogP contribution in [0.15, 0.2) is 22.8 Å². The molecule has 1 rings (SSSR count). The normalized spacial score (nSPS) is 8.91. The molecule has 0 saturated carbocycles. The maximum atomic E-state index is 5.55. The number of alkyl halides is 1. The molecule has 0 aromatic carbocycles. The second-order valence-electron chi connectivity index (χ2n) is 1.87. The Hall–Kier alpha value is 0.210. The molecule has 0 unspecified atom stereocenters. The molecule has 1 nitrogen and oxygen atoms in total. The van der Waals surface area contributed by atoms with Gasteiger partial charge in [0.2, 0.25) is 0 Å². The molecule has 0 amide bonds. The number of aromatic nitrogens is 1. The Bertz CT molecular complexity index is 217. The Kier molecular flexibility index (Phi) is 5.92. The Labute approximate surface area is 85.7 Å². The van der Waals surface area contributed by atoms with E-state index in [1.165, 1.54) is 0 Å². The third-order valence-corrected chi connectivity index (χ3v) is 2.08. The van der Waals surface area contributed by atoms with Gasteiger partial charge < -0.3 is 0 Å². The molecule has 11 heavy (non-hydrogen) atoms. The van der Waals surface area contributed by atoms with Crippen molar-refractivity contribution in [3.8, 4) is 0 Å². The van der Waals surface area contributed by atoms with E-state index in [9.17, 15) is 0 Å². The van der Waals surface area contributed by atoms with Crippen molar-refractivity contribution in [3.05, 3.63) is 28.5 Å². The van der Waals surface area contributed by atoms with Gasteiger partial charge in [-0.25, -0.2) is 0 Å². The third-order valence-electron chi connectivity index (χ3n) is 1.17. The number of pyridine rings is 1. The van der Waals surface area contributed by atoms with Crippen LogP contribution in [0.1, 0.15) is 5.69 Å². The van der Waals surface area contributed by atoms with Gasteiger partial charge in [-0.05, 0) is 28.1 Å². The summed E-state index contributed by atoms with van der Waals surface area (Å²) in [4.78, 5) is 4.14. The Morgan fingerprint density at radius 1 is 1.55 bits per heavy atom. The van der Waals surface area contributed by atoms with Gasteiger partial charge >= 0.3 is 0 Å². The van der Waals surface area contributed by atoms with Crippen LogP contribution in [0.5, 0.6) is 0 Å². The first-order valence-electron chi connectivity index (χ1n) is 3.00. The Morgan fingerprint density at radius 2 is 2.27 bits per heavy atom. The molecule has 0 radical (unpaired) electrons. The van der Waals surface area contributed by atoms with E-state index in [1.54, 1.807) is 6.20 Å². The van der Waals surface area contributed by atoms with E-state index < -0.39 is 0 Å². The summed E-state index contributed by atoms with van der Waals surface area (Å²) in [6.07, 6.45) is 2.59. The number of hydrogen-bond donors (Lipinski definition) is 0. The fourth-order valence-electron chi connectivity index (χ4n) is 0.692. The van der Waals surface area contributed by atoms with E-state index >= 15 is 0 Å². The van der Waals surface area contributed by atoms with Crippen molar-refractivity contribution < 1.29 is 0 Å². The molecule has 0 aliphatic rings. The zero-order valence-electron chi connectivity index (χ0n) is 5.76. The number of hydrogen-bond acceptors (Lipinski definition) is 1. The predicted molar refractivity (Wildman–Crippen MR) is 53.6 cm³/mol. The number of nitrogens with zero attached hydrogens (tertiary/aromatic N) is 1. The van der Waals surface area contributed by atoms with Crippen molar-refractivity contribution in [1.82, 2.24) is 4.98 Å². The van der Waals surface area contributed by atoms with Gasteiger partial charge in [-0.1, -0.05) is 0 Å². The Morgan fingerprint density at radius 3 is 2.82 bits per heavy atom. The topological polar surface area (TPSA) is 12.9 Å². The molecule has 0 atom stereocenters. The number of aryl methyl sites for hydroxylation is 1. The summed E-state index contributed by atoms with van der Waals surface area (Å²) in [7, 11) is 0. The van der Waals surface area contributed by atoms with E-state index in [2.05, 4.69) is 20.9 Å². The molecule has 62 valence electrons. The highest BCUT2D eigenvalue weighted by Gasteiger charge is 1.96. The predicted octanol–water partition coefficient (Wildman–Crippen LogP) is 3.05. The monoisotopic (exact) mass is 255 g/mol. The van der Waals surface area contributed by atoms with Crippen molar-refractivity contribution in [2.45, 2.75) is 6.42 Å². The summed E-state index contributed by atoms with van der Waals surface area (Å²) in [5, 5.41) is 0. The van der Waals surface area contributed by atoms with Crippen molar-refractivity contribution in [2.75, 3.05) is 5.88 Å². The van der Waals surface area contributed by atoms with Crippen molar-refractivity contribution >= 4 is 39.9 Å². The van der Waals surface area contributed by atoms with Crippen molar-refractivity contribution in [2.24, 2.45) is 0 Å². The van der Waals surface area contributed by atoms with Crippen LogP contribution in [0.2, 0.25) is 0 Å². The summed E-state index contributed by atoms with van der Waals surface area (Å²) in [6, 6.07) is 3.86. The fraction of sp³-hybridized carbons (Fsp3) is 0.286. The first kappa shape index (κ1) is 11.2. The summed E-state index contributed by atoms with van der Waals surface area (Å²) in [6.45, 7) is 0. The van der Waals surface area contributed by atoms with E-state index in [4.69, 9.17) is 11.6 Å². The average molecular weight is 257 g/mol. The summed E-state index contributed by atoms with van der Waals surface area (Å²) >= 11 is 8.92. The largest absolute Gasteiger partial charge is 0.260 e. The number of rotatable bonds is 2. The minimum atomic E-state index is 0. The fourth-order valence-corrected chi connectivity index (χ4v) is 1.32. The first-order chi connectivity index (χ1) is 4.84.